The van der Waals surface area contributed by atoms with Crippen molar-refractivity contribution in [1.82, 2.24) is 15.3 Å². The van der Waals surface area contributed by atoms with Crippen molar-refractivity contribution in [3.8, 4) is 5.75 Å². The Morgan fingerprint density at radius 3 is 2.64 bits per heavy atom. The van der Waals surface area contributed by atoms with E-state index in [9.17, 15) is 24.9 Å². The molecule has 1 unspecified atom stereocenters. The Hall–Kier alpha value is -2.67. The summed E-state index contributed by atoms with van der Waals surface area (Å²) in [5, 5.41) is 34.4. The van der Waals surface area contributed by atoms with Gasteiger partial charge in [0, 0.05) is 11.3 Å². The maximum Gasteiger partial charge on any atom is 0.413 e. The van der Waals surface area contributed by atoms with E-state index >= 15 is 0 Å². The second-order valence-electron chi connectivity index (χ2n) is 8.05. The molecule has 0 bridgehead atoms. The van der Waals surface area contributed by atoms with Crippen molar-refractivity contribution in [1.29, 1.82) is 0 Å². The van der Waals surface area contributed by atoms with Gasteiger partial charge in [-0.2, -0.15) is 4.98 Å². The number of nitrogens with one attached hydrogen (secondary N) is 1. The summed E-state index contributed by atoms with van der Waals surface area (Å²) in [7, 11) is 0. The molecule has 0 fully saturated rings. The number of aromatic nitrogens is 2. The molecule has 13 heteroatoms. The normalized spacial score (nSPS) is 12.5. The summed E-state index contributed by atoms with van der Waals surface area (Å²) in [6.07, 6.45) is -1.90. The molecule has 0 spiro atoms. The number of fused-ring (bicyclic) bond motifs is 1. The predicted octanol–water partition coefficient (Wildman–Crippen LogP) is 4.22. The summed E-state index contributed by atoms with van der Waals surface area (Å²) in [5.74, 6) is -0.176. The average molecular weight is 515 g/mol. The number of hydrogen-bond acceptors (Lipinski definition) is 9. The minimum Gasteiger partial charge on any atom is -0.505 e. The van der Waals surface area contributed by atoms with Crippen LogP contribution in [0.1, 0.15) is 30.5 Å². The number of ether oxygens (including phenoxy) is 1. The third kappa shape index (κ3) is 6.22. The van der Waals surface area contributed by atoms with Gasteiger partial charge in [-0.25, -0.2) is 14.6 Å². The van der Waals surface area contributed by atoms with E-state index in [4.69, 9.17) is 16.3 Å². The lowest BCUT2D eigenvalue weighted by molar-refractivity contribution is 0.0482. The van der Waals surface area contributed by atoms with Crippen LogP contribution in [0.25, 0.3) is 10.2 Å². The molecule has 0 aliphatic heterocycles. The van der Waals surface area contributed by atoms with E-state index in [1.54, 1.807) is 26.8 Å². The van der Waals surface area contributed by atoms with Crippen molar-refractivity contribution in [2.75, 3.05) is 11.5 Å². The number of carbonyl (C=O) groups is 2. The van der Waals surface area contributed by atoms with Gasteiger partial charge in [0.15, 0.2) is 11.6 Å². The van der Waals surface area contributed by atoms with Crippen molar-refractivity contribution in [3.63, 3.8) is 0 Å². The van der Waals surface area contributed by atoms with Gasteiger partial charge in [0.05, 0.1) is 24.1 Å². The average Bonchev–Trinajstić information content (AvgIpc) is 3.32. The first-order chi connectivity index (χ1) is 15.5. The van der Waals surface area contributed by atoms with Crippen LogP contribution in [0.15, 0.2) is 17.5 Å². The maximum atomic E-state index is 12.1. The van der Waals surface area contributed by atoms with Gasteiger partial charge < -0.3 is 25.4 Å². The molecule has 10 nitrogen and oxygen atoms in total. The molecule has 0 saturated heterocycles. The third-order valence-electron chi connectivity index (χ3n) is 4.29. The third-order valence-corrected chi connectivity index (χ3v) is 6.50. The Labute approximate surface area is 202 Å². The van der Waals surface area contributed by atoms with Gasteiger partial charge in [0.25, 0.3) is 0 Å². The number of aromatic hydroxyl groups is 1. The summed E-state index contributed by atoms with van der Waals surface area (Å²) in [5.41, 5.74) is -0.620. The Morgan fingerprint density at radius 1 is 1.33 bits per heavy atom. The number of aliphatic hydroxyl groups is 1. The second-order valence-corrected chi connectivity index (χ2v) is 10.5. The first-order valence-electron chi connectivity index (χ1n) is 9.79. The van der Waals surface area contributed by atoms with Crippen LogP contribution in [-0.2, 0) is 17.7 Å². The number of hydrogen-bond donors (Lipinski definition) is 4. The van der Waals surface area contributed by atoms with Crippen molar-refractivity contribution in [2.24, 2.45) is 0 Å². The van der Waals surface area contributed by atoms with Gasteiger partial charge in [-0.15, -0.1) is 22.7 Å². The van der Waals surface area contributed by atoms with Crippen molar-refractivity contribution >= 4 is 62.5 Å². The molecule has 3 rings (SSSR count). The molecule has 1 atom stereocenters. The molecular weight excluding hydrogens is 492 g/mol. The summed E-state index contributed by atoms with van der Waals surface area (Å²) >= 11 is 8.50. The number of alkyl carbamates (subject to hydrolysis) is 1. The topological polar surface area (TPSA) is 145 Å². The predicted molar refractivity (Wildman–Crippen MR) is 127 cm³/mol. The molecule has 0 aliphatic carbocycles. The fraction of sp³-hybridized carbons (Fsp3) is 0.400. The number of carboxylic acid groups (broad SMARTS) is 1. The molecule has 3 aromatic heterocycles. The lowest BCUT2D eigenvalue weighted by Crippen LogP contribution is -2.42. The first-order valence-corrected chi connectivity index (χ1v) is 11.9. The van der Waals surface area contributed by atoms with Crippen LogP contribution in [0.5, 0.6) is 5.75 Å². The molecule has 3 heterocycles. The maximum absolute atomic E-state index is 12.1. The van der Waals surface area contributed by atoms with E-state index in [0.29, 0.717) is 9.58 Å². The van der Waals surface area contributed by atoms with Gasteiger partial charge in [-0.1, -0.05) is 6.07 Å². The fourth-order valence-electron chi connectivity index (χ4n) is 2.94. The van der Waals surface area contributed by atoms with Gasteiger partial charge in [0.1, 0.15) is 15.8 Å². The summed E-state index contributed by atoms with van der Waals surface area (Å²) in [4.78, 5) is 34.5. The van der Waals surface area contributed by atoms with E-state index in [0.717, 1.165) is 21.1 Å². The van der Waals surface area contributed by atoms with Crippen molar-refractivity contribution in [2.45, 2.75) is 45.4 Å². The second kappa shape index (κ2) is 10.1. The molecule has 0 radical (unpaired) electrons. The van der Waals surface area contributed by atoms with E-state index in [2.05, 4.69) is 15.3 Å². The smallest absolute Gasteiger partial charge is 0.413 e. The zero-order chi connectivity index (χ0) is 24.3. The summed E-state index contributed by atoms with van der Waals surface area (Å²) in [6.45, 7) is 4.78. The lowest BCUT2D eigenvalue weighted by Gasteiger charge is -2.22. The number of nitrogens with zero attached hydrogens (tertiary/aromatic N) is 3. The van der Waals surface area contributed by atoms with Gasteiger partial charge >= 0.3 is 12.2 Å². The number of halogens is 1. The van der Waals surface area contributed by atoms with E-state index in [-0.39, 0.29) is 35.3 Å². The van der Waals surface area contributed by atoms with Crippen molar-refractivity contribution in [3.05, 3.63) is 32.6 Å². The highest BCUT2D eigenvalue weighted by atomic mass is 35.5. The number of anilines is 1. The number of amides is 2. The van der Waals surface area contributed by atoms with Crippen LogP contribution in [-0.4, -0.2) is 55.7 Å². The Balaban J connectivity index is 1.94. The van der Waals surface area contributed by atoms with Crippen molar-refractivity contribution < 1.29 is 29.6 Å². The van der Waals surface area contributed by atoms with E-state index in [1.807, 2.05) is 11.4 Å². The highest BCUT2D eigenvalue weighted by molar-refractivity contribution is 7.20. The summed E-state index contributed by atoms with van der Waals surface area (Å²) < 4.78 is 5.53. The van der Waals surface area contributed by atoms with Gasteiger partial charge in [-0.05, 0) is 43.8 Å². The number of carbonyl (C=O) groups excluding carboxylic acids is 1. The molecule has 0 saturated carbocycles. The molecule has 3 aromatic rings. The van der Waals surface area contributed by atoms with Gasteiger partial charge in [0.2, 0.25) is 5.28 Å². The van der Waals surface area contributed by atoms with E-state index in [1.165, 1.54) is 11.3 Å². The van der Waals surface area contributed by atoms with Crippen LogP contribution in [0.4, 0.5) is 15.4 Å². The van der Waals surface area contributed by atoms with Crippen LogP contribution >= 0.6 is 34.3 Å². The standard InChI is InChI=1S/C20H23ClN4O6S2/c1-20(2,3)31-18(28)22-10(9-26)7-12-14(27)13-15(33-12)16(24-17(21)23-13)25(19(29)30)8-11-5-4-6-32-11/h4-6,10,26-27H,7-9H2,1-3H3,(H,22,28)(H,29,30). The molecule has 0 aromatic carbocycles. The minimum absolute atomic E-state index is 0.0399. The van der Waals surface area contributed by atoms with Crippen LogP contribution in [0.3, 0.4) is 0 Å². The minimum atomic E-state index is -1.24. The molecule has 2 amide bonds. The molecule has 0 aliphatic rings. The van der Waals surface area contributed by atoms with E-state index < -0.39 is 30.4 Å². The van der Waals surface area contributed by atoms with Crippen LogP contribution in [0.2, 0.25) is 5.28 Å². The number of thiophene rings is 2. The largest absolute Gasteiger partial charge is 0.505 e. The molecule has 33 heavy (non-hydrogen) atoms. The Bertz CT molecular complexity index is 1150. The number of rotatable bonds is 7. The zero-order valence-corrected chi connectivity index (χ0v) is 20.4. The monoisotopic (exact) mass is 514 g/mol. The van der Waals surface area contributed by atoms with Gasteiger partial charge in [-0.3, -0.25) is 4.90 Å². The summed E-state index contributed by atoms with van der Waals surface area (Å²) in [6, 6.07) is 2.85. The molecule has 4 N–H and O–H groups in total. The lowest BCUT2D eigenvalue weighted by atomic mass is 10.2. The highest BCUT2D eigenvalue weighted by Gasteiger charge is 2.27. The Morgan fingerprint density at radius 2 is 2.06 bits per heavy atom. The zero-order valence-electron chi connectivity index (χ0n) is 18.0. The fourth-order valence-corrected chi connectivity index (χ4v) is 5.01. The van der Waals surface area contributed by atoms with Crippen LogP contribution in [0, 0.1) is 0 Å². The number of aliphatic hydroxyl groups excluding tert-OH is 1. The Kier molecular flexibility index (Phi) is 7.62. The first kappa shape index (κ1) is 25.0. The quantitative estimate of drug-likeness (QED) is 0.343. The SMILES string of the molecule is CC(C)(C)OC(=O)NC(CO)Cc1sc2c(N(Cc3cccs3)C(=O)O)nc(Cl)nc2c1O. The molecular formula is C20H23ClN4O6S2. The highest BCUT2D eigenvalue weighted by Crippen LogP contribution is 2.41. The van der Waals surface area contributed by atoms with Crippen LogP contribution < -0.4 is 10.2 Å². The molecule has 178 valence electrons.